The van der Waals surface area contributed by atoms with Crippen molar-refractivity contribution in [1.82, 2.24) is 4.57 Å². The SMILES string of the molecule is CCc1cccc2c1N=CC2=Cc1sc(=O)n(CC(=O)Nc2ccc(Cl)cc2)c1O. The highest BCUT2D eigenvalue weighted by Crippen LogP contribution is 2.37. The van der Waals surface area contributed by atoms with Crippen molar-refractivity contribution >= 4 is 58.1 Å². The van der Waals surface area contributed by atoms with E-state index in [4.69, 9.17) is 11.6 Å². The number of benzene rings is 2. The highest BCUT2D eigenvalue weighted by molar-refractivity contribution is 7.10. The predicted octanol–water partition coefficient (Wildman–Crippen LogP) is 4.73. The molecule has 0 aliphatic carbocycles. The Morgan fingerprint density at radius 3 is 2.77 bits per heavy atom. The molecule has 0 bridgehead atoms. The molecule has 1 aromatic heterocycles. The number of anilines is 1. The number of aromatic nitrogens is 1. The molecule has 1 aliphatic heterocycles. The van der Waals surface area contributed by atoms with E-state index in [1.54, 1.807) is 36.6 Å². The second-order valence-corrected chi connectivity index (χ2v) is 8.15. The van der Waals surface area contributed by atoms with Crippen molar-refractivity contribution in [3.63, 3.8) is 0 Å². The zero-order valence-corrected chi connectivity index (χ0v) is 17.6. The van der Waals surface area contributed by atoms with Crippen LogP contribution in [0.2, 0.25) is 5.02 Å². The van der Waals surface area contributed by atoms with Crippen LogP contribution in [-0.2, 0) is 17.8 Å². The normalized spacial score (nSPS) is 13.6. The highest BCUT2D eigenvalue weighted by Gasteiger charge is 2.19. The second kappa shape index (κ2) is 8.30. The Balaban J connectivity index is 1.57. The van der Waals surface area contributed by atoms with Crippen molar-refractivity contribution in [3.8, 4) is 5.88 Å². The number of halogens is 1. The van der Waals surface area contributed by atoms with Gasteiger partial charge < -0.3 is 10.4 Å². The van der Waals surface area contributed by atoms with Crippen LogP contribution < -0.4 is 10.2 Å². The van der Waals surface area contributed by atoms with Crippen LogP contribution in [-0.4, -0.2) is 21.8 Å². The topological polar surface area (TPSA) is 83.7 Å². The summed E-state index contributed by atoms with van der Waals surface area (Å²) in [5, 5.41) is 13.8. The molecule has 4 rings (SSSR count). The third kappa shape index (κ3) is 3.94. The summed E-state index contributed by atoms with van der Waals surface area (Å²) in [5.74, 6) is -0.663. The Bertz CT molecular complexity index is 1240. The van der Waals surface area contributed by atoms with E-state index in [-0.39, 0.29) is 12.4 Å². The lowest BCUT2D eigenvalue weighted by atomic mass is 10.0. The molecule has 2 N–H and O–H groups in total. The molecule has 0 radical (unpaired) electrons. The number of nitrogens with zero attached hydrogens (tertiary/aromatic N) is 2. The average Bonchev–Trinajstić information content (AvgIpc) is 3.26. The number of allylic oxidation sites excluding steroid dienone is 1. The lowest BCUT2D eigenvalue weighted by Crippen LogP contribution is -2.24. The summed E-state index contributed by atoms with van der Waals surface area (Å²) in [6, 6.07) is 12.6. The maximum absolute atomic E-state index is 12.4. The quantitative estimate of drug-likeness (QED) is 0.603. The fourth-order valence-electron chi connectivity index (χ4n) is 3.25. The van der Waals surface area contributed by atoms with Crippen LogP contribution >= 0.6 is 22.9 Å². The smallest absolute Gasteiger partial charge is 0.311 e. The Morgan fingerprint density at radius 1 is 1.27 bits per heavy atom. The third-order valence-electron chi connectivity index (χ3n) is 4.75. The molecular weight excluding hydrogens is 422 g/mol. The molecular formula is C22H18ClN3O3S. The Hall–Kier alpha value is -3.16. The first-order valence-corrected chi connectivity index (χ1v) is 10.5. The van der Waals surface area contributed by atoms with E-state index in [0.717, 1.165) is 44.7 Å². The van der Waals surface area contributed by atoms with Gasteiger partial charge in [-0.3, -0.25) is 19.1 Å². The van der Waals surface area contributed by atoms with Crippen molar-refractivity contribution in [1.29, 1.82) is 0 Å². The summed E-state index contributed by atoms with van der Waals surface area (Å²) in [5.41, 5.74) is 4.39. The number of aryl methyl sites for hydroxylation is 1. The molecule has 6 nitrogen and oxygen atoms in total. The van der Waals surface area contributed by atoms with Crippen molar-refractivity contribution in [2.24, 2.45) is 4.99 Å². The molecule has 2 heterocycles. The summed E-state index contributed by atoms with van der Waals surface area (Å²) in [6.07, 6.45) is 4.32. The number of aliphatic imine (C=N–C) groups is 1. The molecule has 0 unspecified atom stereocenters. The molecule has 2 aromatic carbocycles. The molecule has 1 amide bonds. The number of aromatic hydroxyl groups is 1. The van der Waals surface area contributed by atoms with Gasteiger partial charge in [0.15, 0.2) is 0 Å². The lowest BCUT2D eigenvalue weighted by molar-refractivity contribution is -0.116. The molecule has 8 heteroatoms. The fourth-order valence-corrected chi connectivity index (χ4v) is 4.21. The molecule has 1 aliphatic rings. The van der Waals surface area contributed by atoms with Gasteiger partial charge in [-0.15, -0.1) is 0 Å². The molecule has 0 atom stereocenters. The molecule has 0 saturated heterocycles. The zero-order chi connectivity index (χ0) is 21.3. The van der Waals surface area contributed by atoms with Crippen LogP contribution in [0.5, 0.6) is 5.88 Å². The minimum absolute atomic E-state index is 0.239. The van der Waals surface area contributed by atoms with Crippen molar-refractivity contribution in [3.05, 3.63) is 73.2 Å². The van der Waals surface area contributed by atoms with E-state index < -0.39 is 10.8 Å². The number of rotatable bonds is 5. The number of amides is 1. The number of fused-ring (bicyclic) bond motifs is 1. The largest absolute Gasteiger partial charge is 0.493 e. The van der Waals surface area contributed by atoms with Crippen LogP contribution in [0.15, 0.2) is 52.3 Å². The average molecular weight is 440 g/mol. The summed E-state index contributed by atoms with van der Waals surface area (Å²) in [4.78, 5) is 29.1. The summed E-state index contributed by atoms with van der Waals surface area (Å²) >= 11 is 6.72. The molecule has 3 aromatic rings. The number of thiazole rings is 1. The van der Waals surface area contributed by atoms with Gasteiger partial charge in [-0.1, -0.05) is 48.1 Å². The van der Waals surface area contributed by atoms with Gasteiger partial charge in [0.25, 0.3) is 0 Å². The van der Waals surface area contributed by atoms with E-state index in [9.17, 15) is 14.7 Å². The lowest BCUT2D eigenvalue weighted by Gasteiger charge is -2.06. The van der Waals surface area contributed by atoms with Gasteiger partial charge in [0.1, 0.15) is 6.54 Å². The summed E-state index contributed by atoms with van der Waals surface area (Å²) < 4.78 is 1.05. The van der Waals surface area contributed by atoms with Crippen molar-refractivity contribution in [2.75, 3.05) is 5.32 Å². The zero-order valence-electron chi connectivity index (χ0n) is 16.1. The number of hydrogen-bond acceptors (Lipinski definition) is 5. The first-order valence-electron chi connectivity index (χ1n) is 9.32. The van der Waals surface area contributed by atoms with Crippen LogP contribution in [0.1, 0.15) is 22.9 Å². The third-order valence-corrected chi connectivity index (χ3v) is 5.92. The van der Waals surface area contributed by atoms with Gasteiger partial charge in [0.2, 0.25) is 11.8 Å². The van der Waals surface area contributed by atoms with Crippen LogP contribution in [0.3, 0.4) is 0 Å². The van der Waals surface area contributed by atoms with Crippen molar-refractivity contribution < 1.29 is 9.90 Å². The number of carbonyl (C=O) groups is 1. The molecule has 152 valence electrons. The van der Waals surface area contributed by atoms with Gasteiger partial charge in [0.05, 0.1) is 10.6 Å². The molecule has 0 fully saturated rings. The number of nitrogens with one attached hydrogen (secondary N) is 1. The van der Waals surface area contributed by atoms with Crippen LogP contribution in [0.25, 0.3) is 11.6 Å². The minimum atomic E-state index is -0.424. The monoisotopic (exact) mass is 439 g/mol. The highest BCUT2D eigenvalue weighted by atomic mass is 35.5. The first-order chi connectivity index (χ1) is 14.5. The molecule has 30 heavy (non-hydrogen) atoms. The van der Waals surface area contributed by atoms with Crippen LogP contribution in [0, 0.1) is 0 Å². The van der Waals surface area contributed by atoms with E-state index in [1.807, 2.05) is 18.2 Å². The van der Waals surface area contributed by atoms with E-state index in [0.29, 0.717) is 15.6 Å². The van der Waals surface area contributed by atoms with Gasteiger partial charge >= 0.3 is 4.87 Å². The number of carbonyl (C=O) groups excluding carboxylic acids is 1. The van der Waals surface area contributed by atoms with Gasteiger partial charge in [0, 0.05) is 28.1 Å². The maximum atomic E-state index is 12.4. The fraction of sp³-hybridized carbons (Fsp3) is 0.136. The standard InChI is InChI=1S/C22H18ClN3O3S/c1-2-13-4-3-5-17-14(11-24-20(13)17)10-18-21(28)26(22(29)30-18)12-19(27)25-16-8-6-15(23)7-9-16/h3-11,28H,2,12H2,1H3,(H,25,27). The van der Waals surface area contributed by atoms with Gasteiger partial charge in [-0.2, -0.15) is 0 Å². The molecule has 0 spiro atoms. The van der Waals surface area contributed by atoms with Crippen LogP contribution in [0.4, 0.5) is 11.4 Å². The predicted molar refractivity (Wildman–Crippen MR) is 122 cm³/mol. The Kier molecular flexibility index (Phi) is 5.57. The first kappa shape index (κ1) is 20.1. The van der Waals surface area contributed by atoms with Gasteiger partial charge in [-0.25, -0.2) is 0 Å². The number of para-hydroxylation sites is 1. The van der Waals surface area contributed by atoms with E-state index >= 15 is 0 Å². The Morgan fingerprint density at radius 2 is 2.03 bits per heavy atom. The van der Waals surface area contributed by atoms with E-state index in [2.05, 4.69) is 17.2 Å². The second-order valence-electron chi connectivity index (χ2n) is 6.72. The van der Waals surface area contributed by atoms with E-state index in [1.165, 1.54) is 0 Å². The van der Waals surface area contributed by atoms with Crippen molar-refractivity contribution in [2.45, 2.75) is 19.9 Å². The minimum Gasteiger partial charge on any atom is -0.493 e. The summed E-state index contributed by atoms with van der Waals surface area (Å²) in [6.45, 7) is 1.78. The maximum Gasteiger partial charge on any atom is 0.311 e. The summed E-state index contributed by atoms with van der Waals surface area (Å²) in [7, 11) is 0. The number of hydrogen-bond donors (Lipinski definition) is 2. The molecule has 0 saturated carbocycles. The van der Waals surface area contributed by atoms with Gasteiger partial charge in [-0.05, 0) is 42.3 Å². The Labute approximate surface area is 181 Å².